The Balaban J connectivity index is 2.53. The van der Waals surface area contributed by atoms with Crippen LogP contribution in [0.25, 0.3) is 0 Å². The molecule has 5 nitrogen and oxygen atoms in total. The SMILES string of the molecule is CC(C)C(NC(=O)C1CCC(C(F)(F)F)CN1)C(N)=O. The summed E-state index contributed by atoms with van der Waals surface area (Å²) in [6.07, 6.45) is -4.26. The van der Waals surface area contributed by atoms with E-state index >= 15 is 0 Å². The maximum absolute atomic E-state index is 12.5. The summed E-state index contributed by atoms with van der Waals surface area (Å²) < 4.78 is 37.5. The quantitative estimate of drug-likeness (QED) is 0.708. The molecular weight excluding hydrogens is 275 g/mol. The first kappa shape index (κ1) is 16.7. The van der Waals surface area contributed by atoms with E-state index in [1.165, 1.54) is 0 Å². The molecule has 0 aliphatic carbocycles. The van der Waals surface area contributed by atoms with Crippen LogP contribution in [0.1, 0.15) is 26.7 Å². The van der Waals surface area contributed by atoms with Crippen LogP contribution >= 0.6 is 0 Å². The molecule has 0 spiro atoms. The van der Waals surface area contributed by atoms with Crippen molar-refractivity contribution in [2.24, 2.45) is 17.6 Å². The number of piperidine rings is 1. The molecule has 4 N–H and O–H groups in total. The minimum absolute atomic E-state index is 0.0829. The van der Waals surface area contributed by atoms with Gasteiger partial charge in [-0.2, -0.15) is 13.2 Å². The molecule has 0 saturated carbocycles. The summed E-state index contributed by atoms with van der Waals surface area (Å²) in [6, 6.07) is -1.53. The fourth-order valence-corrected chi connectivity index (χ4v) is 2.18. The van der Waals surface area contributed by atoms with E-state index in [1.54, 1.807) is 13.8 Å². The average molecular weight is 295 g/mol. The van der Waals surface area contributed by atoms with Gasteiger partial charge in [0.2, 0.25) is 11.8 Å². The van der Waals surface area contributed by atoms with Crippen LogP contribution in [-0.2, 0) is 9.59 Å². The number of rotatable bonds is 4. The molecule has 1 saturated heterocycles. The highest BCUT2D eigenvalue weighted by atomic mass is 19.4. The summed E-state index contributed by atoms with van der Waals surface area (Å²) in [6.45, 7) is 3.16. The van der Waals surface area contributed by atoms with Gasteiger partial charge in [-0.25, -0.2) is 0 Å². The Morgan fingerprint density at radius 2 is 1.90 bits per heavy atom. The number of hydrogen-bond acceptors (Lipinski definition) is 3. The van der Waals surface area contributed by atoms with Crippen LogP contribution in [0.3, 0.4) is 0 Å². The lowest BCUT2D eigenvalue weighted by atomic mass is 9.93. The Labute approximate surface area is 115 Å². The van der Waals surface area contributed by atoms with Gasteiger partial charge in [-0.15, -0.1) is 0 Å². The highest BCUT2D eigenvalue weighted by molar-refractivity contribution is 5.89. The second-order valence-corrected chi connectivity index (χ2v) is 5.41. The van der Waals surface area contributed by atoms with Gasteiger partial charge < -0.3 is 16.4 Å². The summed E-state index contributed by atoms with van der Waals surface area (Å²) in [5, 5.41) is 5.06. The van der Waals surface area contributed by atoms with Crippen molar-refractivity contribution in [3.05, 3.63) is 0 Å². The van der Waals surface area contributed by atoms with Crippen LogP contribution in [0.15, 0.2) is 0 Å². The number of halogens is 3. The van der Waals surface area contributed by atoms with Gasteiger partial charge in [0.1, 0.15) is 6.04 Å². The zero-order chi connectivity index (χ0) is 15.5. The first-order valence-corrected chi connectivity index (χ1v) is 6.52. The van der Waals surface area contributed by atoms with Crippen molar-refractivity contribution >= 4 is 11.8 Å². The lowest BCUT2D eigenvalue weighted by molar-refractivity contribution is -0.180. The van der Waals surface area contributed by atoms with E-state index in [2.05, 4.69) is 10.6 Å². The van der Waals surface area contributed by atoms with Gasteiger partial charge in [-0.05, 0) is 18.8 Å². The molecule has 0 aromatic carbocycles. The van der Waals surface area contributed by atoms with Crippen LogP contribution in [0.4, 0.5) is 13.2 Å². The van der Waals surface area contributed by atoms with Gasteiger partial charge >= 0.3 is 6.18 Å². The first-order valence-electron chi connectivity index (χ1n) is 6.52. The fraction of sp³-hybridized carbons (Fsp3) is 0.833. The predicted octanol–water partition coefficient (Wildman–Crippen LogP) is 0.543. The van der Waals surface area contributed by atoms with Crippen LogP contribution in [0.2, 0.25) is 0 Å². The third-order valence-corrected chi connectivity index (χ3v) is 3.46. The summed E-state index contributed by atoms with van der Waals surface area (Å²) in [5.74, 6) is -2.74. The maximum atomic E-state index is 12.5. The normalized spacial score (nSPS) is 25.3. The fourth-order valence-electron chi connectivity index (χ4n) is 2.18. The van der Waals surface area contributed by atoms with E-state index in [0.29, 0.717) is 0 Å². The second-order valence-electron chi connectivity index (χ2n) is 5.41. The number of primary amides is 1. The van der Waals surface area contributed by atoms with E-state index < -0.39 is 36.0 Å². The summed E-state index contributed by atoms with van der Waals surface area (Å²) >= 11 is 0. The standard InChI is InChI=1S/C12H20F3N3O2/c1-6(2)9(10(16)19)18-11(20)8-4-3-7(5-17-8)12(13,14)15/h6-9,17H,3-5H2,1-2H3,(H2,16,19)(H,18,20). The monoisotopic (exact) mass is 295 g/mol. The molecule has 2 amide bonds. The van der Waals surface area contributed by atoms with E-state index in [0.717, 1.165) is 0 Å². The van der Waals surface area contributed by atoms with Crippen LogP contribution in [0.5, 0.6) is 0 Å². The number of carbonyl (C=O) groups is 2. The molecule has 0 radical (unpaired) electrons. The molecule has 1 aliphatic rings. The molecule has 0 aromatic heterocycles. The van der Waals surface area contributed by atoms with Gasteiger partial charge in [-0.1, -0.05) is 13.8 Å². The van der Waals surface area contributed by atoms with Crippen molar-refractivity contribution < 1.29 is 22.8 Å². The van der Waals surface area contributed by atoms with Crippen molar-refractivity contribution in [1.82, 2.24) is 10.6 Å². The Morgan fingerprint density at radius 1 is 1.30 bits per heavy atom. The van der Waals surface area contributed by atoms with Gasteiger partial charge in [-0.3, -0.25) is 9.59 Å². The molecule has 116 valence electrons. The Kier molecular flexibility index (Phi) is 5.38. The number of hydrogen-bond donors (Lipinski definition) is 3. The van der Waals surface area contributed by atoms with Crippen molar-refractivity contribution in [3.63, 3.8) is 0 Å². The van der Waals surface area contributed by atoms with Crippen LogP contribution < -0.4 is 16.4 Å². The Morgan fingerprint density at radius 3 is 2.25 bits per heavy atom. The van der Waals surface area contributed by atoms with Gasteiger partial charge in [0.15, 0.2) is 0 Å². The highest BCUT2D eigenvalue weighted by Crippen LogP contribution is 2.31. The number of alkyl halides is 3. The molecule has 0 aromatic rings. The highest BCUT2D eigenvalue weighted by Gasteiger charge is 2.42. The molecule has 0 bridgehead atoms. The van der Waals surface area contributed by atoms with Crippen molar-refractivity contribution in [1.29, 1.82) is 0 Å². The van der Waals surface area contributed by atoms with E-state index in [9.17, 15) is 22.8 Å². The number of amides is 2. The molecule has 20 heavy (non-hydrogen) atoms. The molecule has 1 fully saturated rings. The zero-order valence-corrected chi connectivity index (χ0v) is 11.5. The number of carbonyl (C=O) groups excluding carboxylic acids is 2. The lowest BCUT2D eigenvalue weighted by Crippen LogP contribution is -2.56. The predicted molar refractivity (Wildman–Crippen MR) is 66.5 cm³/mol. The number of nitrogens with two attached hydrogens (primary N) is 1. The van der Waals surface area contributed by atoms with Gasteiger partial charge in [0.25, 0.3) is 0 Å². The second kappa shape index (κ2) is 6.43. The molecule has 3 unspecified atom stereocenters. The molecular formula is C12H20F3N3O2. The third-order valence-electron chi connectivity index (χ3n) is 3.46. The van der Waals surface area contributed by atoms with Crippen LogP contribution in [-0.4, -0.2) is 36.6 Å². The van der Waals surface area contributed by atoms with E-state index in [-0.39, 0.29) is 25.3 Å². The molecule has 1 rings (SSSR count). The molecule has 1 aliphatic heterocycles. The average Bonchev–Trinajstić information content (AvgIpc) is 2.34. The minimum atomic E-state index is -4.25. The third kappa shape index (κ3) is 4.36. The van der Waals surface area contributed by atoms with E-state index in [1.807, 2.05) is 0 Å². The molecule has 3 atom stereocenters. The Hall–Kier alpha value is -1.31. The van der Waals surface area contributed by atoms with Crippen molar-refractivity contribution in [2.75, 3.05) is 6.54 Å². The van der Waals surface area contributed by atoms with Crippen molar-refractivity contribution in [2.45, 2.75) is 44.9 Å². The van der Waals surface area contributed by atoms with Crippen molar-refractivity contribution in [3.8, 4) is 0 Å². The van der Waals surface area contributed by atoms with Gasteiger partial charge in [0.05, 0.1) is 12.0 Å². The lowest BCUT2D eigenvalue weighted by Gasteiger charge is -2.31. The summed E-state index contributed by atoms with van der Waals surface area (Å²) in [5.41, 5.74) is 5.17. The Bertz CT molecular complexity index is 363. The maximum Gasteiger partial charge on any atom is 0.393 e. The number of nitrogens with one attached hydrogen (secondary N) is 2. The molecule has 8 heteroatoms. The largest absolute Gasteiger partial charge is 0.393 e. The zero-order valence-electron chi connectivity index (χ0n) is 11.5. The first-order chi connectivity index (χ1) is 9.12. The minimum Gasteiger partial charge on any atom is -0.368 e. The van der Waals surface area contributed by atoms with E-state index in [4.69, 9.17) is 5.73 Å². The summed E-state index contributed by atoms with van der Waals surface area (Å²) in [7, 11) is 0. The topological polar surface area (TPSA) is 84.2 Å². The smallest absolute Gasteiger partial charge is 0.368 e. The van der Waals surface area contributed by atoms with Crippen LogP contribution in [0, 0.1) is 11.8 Å². The summed E-state index contributed by atoms with van der Waals surface area (Å²) in [4.78, 5) is 23.1. The molecule has 1 heterocycles. The van der Waals surface area contributed by atoms with Gasteiger partial charge in [0, 0.05) is 6.54 Å².